The summed E-state index contributed by atoms with van der Waals surface area (Å²) in [6, 6.07) is 5.09. The van der Waals surface area contributed by atoms with Crippen molar-refractivity contribution in [2.45, 2.75) is 45.7 Å². The number of aromatic amines is 1. The molecule has 1 atom stereocenters. The van der Waals surface area contributed by atoms with E-state index in [0.717, 1.165) is 30.7 Å². The molecule has 1 saturated heterocycles. The number of rotatable bonds is 3. The standard InChI is InChI=1S/C18H22N6O2/c1-12-9-13(2)23(21-12)11-18(26)22-8-4-3-5-15(22)14-10-17(25)24-16(20-14)6-7-19-24/h6-7,9-10,15,19H,3-5,8,11H2,1-2H3. The molecule has 1 aliphatic rings. The van der Waals surface area contributed by atoms with Crippen LogP contribution in [0.2, 0.25) is 0 Å². The number of nitrogens with zero attached hydrogens (tertiary/aromatic N) is 5. The molecule has 0 aliphatic carbocycles. The van der Waals surface area contributed by atoms with E-state index in [1.54, 1.807) is 16.9 Å². The van der Waals surface area contributed by atoms with Gasteiger partial charge < -0.3 is 4.90 Å². The number of aryl methyl sites for hydroxylation is 2. The minimum absolute atomic E-state index is 0.0111. The highest BCUT2D eigenvalue weighted by atomic mass is 16.2. The lowest BCUT2D eigenvalue weighted by Gasteiger charge is -2.35. The smallest absolute Gasteiger partial charge is 0.272 e. The zero-order chi connectivity index (χ0) is 18.3. The lowest BCUT2D eigenvalue weighted by Crippen LogP contribution is -2.41. The zero-order valence-corrected chi connectivity index (χ0v) is 15.0. The van der Waals surface area contributed by atoms with Crippen molar-refractivity contribution in [3.05, 3.63) is 51.8 Å². The van der Waals surface area contributed by atoms with Crippen LogP contribution in [0.3, 0.4) is 0 Å². The van der Waals surface area contributed by atoms with Crippen LogP contribution in [-0.2, 0) is 11.3 Å². The van der Waals surface area contributed by atoms with Crippen LogP contribution in [0.25, 0.3) is 5.65 Å². The quantitative estimate of drug-likeness (QED) is 0.774. The van der Waals surface area contributed by atoms with E-state index in [2.05, 4.69) is 15.2 Å². The van der Waals surface area contributed by atoms with E-state index in [9.17, 15) is 9.59 Å². The molecule has 136 valence electrons. The number of piperidine rings is 1. The van der Waals surface area contributed by atoms with Gasteiger partial charge in [-0.3, -0.25) is 19.4 Å². The van der Waals surface area contributed by atoms with Crippen LogP contribution >= 0.6 is 0 Å². The number of amides is 1. The maximum absolute atomic E-state index is 13.0. The molecule has 1 amide bonds. The molecule has 1 fully saturated rings. The predicted molar refractivity (Wildman–Crippen MR) is 95.8 cm³/mol. The van der Waals surface area contributed by atoms with E-state index in [0.29, 0.717) is 17.9 Å². The van der Waals surface area contributed by atoms with Crippen LogP contribution < -0.4 is 5.56 Å². The van der Waals surface area contributed by atoms with Gasteiger partial charge in [-0.25, -0.2) is 9.50 Å². The Bertz CT molecular complexity index is 1010. The fourth-order valence-electron chi connectivity index (χ4n) is 3.71. The maximum atomic E-state index is 13.0. The largest absolute Gasteiger partial charge is 0.332 e. The monoisotopic (exact) mass is 354 g/mol. The van der Waals surface area contributed by atoms with Gasteiger partial charge in [-0.15, -0.1) is 0 Å². The minimum atomic E-state index is -0.166. The second-order valence-corrected chi connectivity index (χ2v) is 6.86. The van der Waals surface area contributed by atoms with Crippen molar-refractivity contribution in [3.8, 4) is 0 Å². The number of nitrogens with one attached hydrogen (secondary N) is 1. The molecule has 3 aromatic rings. The molecule has 8 nitrogen and oxygen atoms in total. The molecule has 4 rings (SSSR count). The van der Waals surface area contributed by atoms with Gasteiger partial charge in [0.25, 0.3) is 5.56 Å². The number of hydrogen-bond donors (Lipinski definition) is 1. The van der Waals surface area contributed by atoms with E-state index in [-0.39, 0.29) is 24.1 Å². The summed E-state index contributed by atoms with van der Waals surface area (Å²) in [5.74, 6) is 0.0111. The first-order chi connectivity index (χ1) is 12.5. The highest BCUT2D eigenvalue weighted by Crippen LogP contribution is 2.29. The molecule has 0 bridgehead atoms. The first-order valence-electron chi connectivity index (χ1n) is 8.90. The summed E-state index contributed by atoms with van der Waals surface area (Å²) < 4.78 is 3.13. The highest BCUT2D eigenvalue weighted by Gasteiger charge is 2.30. The third kappa shape index (κ3) is 2.91. The van der Waals surface area contributed by atoms with Crippen molar-refractivity contribution in [3.63, 3.8) is 0 Å². The van der Waals surface area contributed by atoms with E-state index >= 15 is 0 Å². The molecule has 0 radical (unpaired) electrons. The number of aromatic nitrogens is 5. The van der Waals surface area contributed by atoms with Crippen molar-refractivity contribution >= 4 is 11.6 Å². The summed E-state index contributed by atoms with van der Waals surface area (Å²) in [5, 5.41) is 7.23. The fraction of sp³-hybridized carbons (Fsp3) is 0.444. The maximum Gasteiger partial charge on any atom is 0.272 e. The van der Waals surface area contributed by atoms with Gasteiger partial charge in [0, 0.05) is 30.6 Å². The molecule has 0 saturated carbocycles. The van der Waals surface area contributed by atoms with E-state index in [1.165, 1.54) is 10.6 Å². The molecule has 3 aromatic heterocycles. The normalized spacial score (nSPS) is 17.8. The van der Waals surface area contributed by atoms with Gasteiger partial charge in [0.1, 0.15) is 6.54 Å². The Kier molecular flexibility index (Phi) is 4.10. The highest BCUT2D eigenvalue weighted by molar-refractivity contribution is 5.76. The molecule has 1 aliphatic heterocycles. The Morgan fingerprint density at radius 2 is 2.15 bits per heavy atom. The van der Waals surface area contributed by atoms with Crippen molar-refractivity contribution in [1.82, 2.24) is 29.3 Å². The van der Waals surface area contributed by atoms with Crippen LogP contribution in [0, 0.1) is 13.8 Å². The van der Waals surface area contributed by atoms with E-state index in [1.807, 2.05) is 24.8 Å². The second-order valence-electron chi connectivity index (χ2n) is 6.86. The van der Waals surface area contributed by atoms with Crippen LogP contribution in [0.5, 0.6) is 0 Å². The van der Waals surface area contributed by atoms with Gasteiger partial charge in [-0.2, -0.15) is 5.10 Å². The summed E-state index contributed by atoms with van der Waals surface area (Å²) in [5.41, 5.74) is 2.94. The molecule has 0 spiro atoms. The lowest BCUT2D eigenvalue weighted by molar-refractivity contribution is -0.136. The Hall–Kier alpha value is -2.90. The summed E-state index contributed by atoms with van der Waals surface area (Å²) in [6.45, 7) is 4.75. The molecular formula is C18H22N6O2. The number of H-pyrrole nitrogens is 1. The predicted octanol–water partition coefficient (Wildman–Crippen LogP) is 1.59. The summed E-state index contributed by atoms with van der Waals surface area (Å²) in [6.07, 6.45) is 4.48. The lowest BCUT2D eigenvalue weighted by atomic mass is 9.99. The molecule has 8 heteroatoms. The van der Waals surface area contributed by atoms with Crippen LogP contribution in [0.4, 0.5) is 0 Å². The summed E-state index contributed by atoms with van der Waals surface area (Å²) in [7, 11) is 0. The fourth-order valence-corrected chi connectivity index (χ4v) is 3.71. The average Bonchev–Trinajstić information content (AvgIpc) is 3.21. The summed E-state index contributed by atoms with van der Waals surface area (Å²) in [4.78, 5) is 31.7. The van der Waals surface area contributed by atoms with E-state index in [4.69, 9.17) is 0 Å². The molecule has 26 heavy (non-hydrogen) atoms. The topological polar surface area (TPSA) is 88.3 Å². The van der Waals surface area contributed by atoms with Crippen molar-refractivity contribution in [2.24, 2.45) is 0 Å². The zero-order valence-electron chi connectivity index (χ0n) is 15.0. The van der Waals surface area contributed by atoms with Gasteiger partial charge in [0.05, 0.1) is 17.4 Å². The number of hydrogen-bond acceptors (Lipinski definition) is 4. The molecule has 4 heterocycles. The third-order valence-electron chi connectivity index (χ3n) is 4.95. The number of likely N-dealkylation sites (tertiary alicyclic amines) is 1. The van der Waals surface area contributed by atoms with Crippen molar-refractivity contribution in [1.29, 1.82) is 0 Å². The van der Waals surface area contributed by atoms with Crippen LogP contribution in [0.1, 0.15) is 42.4 Å². The Morgan fingerprint density at radius 1 is 1.31 bits per heavy atom. The third-order valence-corrected chi connectivity index (χ3v) is 4.95. The SMILES string of the molecule is Cc1cc(C)n(CC(=O)N2CCCCC2c2cc(=O)n3[nH]ccc3n2)n1. The average molecular weight is 354 g/mol. The van der Waals surface area contributed by atoms with Gasteiger partial charge in [-0.05, 0) is 39.2 Å². The Labute approximate surface area is 150 Å². The molecule has 1 unspecified atom stereocenters. The Balaban J connectivity index is 1.64. The number of carbonyl (C=O) groups excluding carboxylic acids is 1. The van der Waals surface area contributed by atoms with Crippen molar-refractivity contribution < 1.29 is 4.79 Å². The Morgan fingerprint density at radius 3 is 2.92 bits per heavy atom. The van der Waals surface area contributed by atoms with Crippen LogP contribution in [0.15, 0.2) is 29.2 Å². The van der Waals surface area contributed by atoms with Crippen molar-refractivity contribution in [2.75, 3.05) is 6.54 Å². The van der Waals surface area contributed by atoms with Gasteiger partial charge in [0.2, 0.25) is 5.91 Å². The molecule has 0 aromatic carbocycles. The molecular weight excluding hydrogens is 332 g/mol. The minimum Gasteiger partial charge on any atom is -0.332 e. The van der Waals surface area contributed by atoms with Crippen LogP contribution in [-0.4, -0.2) is 41.7 Å². The molecule has 1 N–H and O–H groups in total. The first kappa shape index (κ1) is 16.6. The number of carbonyl (C=O) groups is 1. The van der Waals surface area contributed by atoms with Gasteiger partial charge >= 0.3 is 0 Å². The summed E-state index contributed by atoms with van der Waals surface area (Å²) >= 11 is 0. The van der Waals surface area contributed by atoms with Gasteiger partial charge in [-0.1, -0.05) is 0 Å². The van der Waals surface area contributed by atoms with Gasteiger partial charge in [0.15, 0.2) is 5.65 Å². The number of fused-ring (bicyclic) bond motifs is 1. The first-order valence-corrected chi connectivity index (χ1v) is 8.90. The van der Waals surface area contributed by atoms with E-state index < -0.39 is 0 Å². The second kappa shape index (κ2) is 6.44.